The van der Waals surface area contributed by atoms with E-state index >= 15 is 0 Å². The number of aromatic nitrogens is 1. The predicted octanol–water partition coefficient (Wildman–Crippen LogP) is 3.42. The average Bonchev–Trinajstić information content (AvgIpc) is 3.22. The summed E-state index contributed by atoms with van der Waals surface area (Å²) in [4.78, 5) is 27.7. The number of pyridine rings is 1. The van der Waals surface area contributed by atoms with Gasteiger partial charge in [-0.05, 0) is 43.0 Å². The summed E-state index contributed by atoms with van der Waals surface area (Å²) in [5.41, 5.74) is 0.430. The smallest absolute Gasteiger partial charge is 0.490 e. The van der Waals surface area contributed by atoms with Crippen LogP contribution in [-0.2, 0) is 9.53 Å². The molecule has 1 aromatic heterocycles. The van der Waals surface area contributed by atoms with Gasteiger partial charge in [-0.2, -0.15) is 13.2 Å². The number of hydrogen-bond acceptors (Lipinski definition) is 6. The number of ether oxygens (including phenoxy) is 3. The number of amides is 1. The van der Waals surface area contributed by atoms with Gasteiger partial charge in [-0.15, -0.1) is 0 Å². The highest BCUT2D eigenvalue weighted by atomic mass is 19.4. The SMILES string of the molecule is COc1cccc(C(=O)N2CC3(C2)OCCC3CCOc2ccccn2)c1.O=C(O)C(F)(F)F. The number of aliphatic carboxylic acids is 1. The predicted molar refractivity (Wildman–Crippen MR) is 114 cm³/mol. The molecule has 2 aliphatic heterocycles. The lowest BCUT2D eigenvalue weighted by atomic mass is 9.79. The van der Waals surface area contributed by atoms with Gasteiger partial charge in [-0.25, -0.2) is 9.78 Å². The van der Waals surface area contributed by atoms with Crippen molar-refractivity contribution in [1.29, 1.82) is 0 Å². The van der Waals surface area contributed by atoms with Crippen LogP contribution in [0.5, 0.6) is 11.6 Å². The largest absolute Gasteiger partial charge is 0.497 e. The molecule has 0 saturated carbocycles. The molecule has 0 bridgehead atoms. The van der Waals surface area contributed by atoms with Gasteiger partial charge in [-0.1, -0.05) is 12.1 Å². The van der Waals surface area contributed by atoms with Crippen molar-refractivity contribution < 1.29 is 42.1 Å². The summed E-state index contributed by atoms with van der Waals surface area (Å²) in [6.45, 7) is 2.63. The highest BCUT2D eigenvalue weighted by molar-refractivity contribution is 5.95. The van der Waals surface area contributed by atoms with Crippen molar-refractivity contribution in [2.45, 2.75) is 24.6 Å². The Labute approximate surface area is 194 Å². The molecule has 3 heterocycles. The second kappa shape index (κ2) is 10.7. The molecule has 1 aromatic carbocycles. The summed E-state index contributed by atoms with van der Waals surface area (Å²) in [6, 6.07) is 12.9. The first-order valence-electron chi connectivity index (χ1n) is 10.6. The summed E-state index contributed by atoms with van der Waals surface area (Å²) in [7, 11) is 1.60. The summed E-state index contributed by atoms with van der Waals surface area (Å²) >= 11 is 0. The Balaban J connectivity index is 0.000000406. The molecule has 34 heavy (non-hydrogen) atoms. The maximum absolute atomic E-state index is 12.7. The number of rotatable bonds is 6. The van der Waals surface area contributed by atoms with Crippen molar-refractivity contribution >= 4 is 11.9 Å². The van der Waals surface area contributed by atoms with Crippen LogP contribution in [0.3, 0.4) is 0 Å². The Morgan fingerprint density at radius 3 is 2.59 bits per heavy atom. The molecular weight excluding hydrogens is 457 g/mol. The van der Waals surface area contributed by atoms with E-state index in [9.17, 15) is 18.0 Å². The normalized spacial score (nSPS) is 18.5. The number of likely N-dealkylation sites (tertiary alicyclic amines) is 1. The molecule has 11 heteroatoms. The van der Waals surface area contributed by atoms with Gasteiger partial charge in [0.25, 0.3) is 5.91 Å². The number of hydrogen-bond donors (Lipinski definition) is 1. The molecule has 2 fully saturated rings. The topological polar surface area (TPSA) is 98.2 Å². The van der Waals surface area contributed by atoms with Crippen LogP contribution in [0.1, 0.15) is 23.2 Å². The first kappa shape index (κ1) is 25.3. The molecule has 1 N–H and O–H groups in total. The minimum absolute atomic E-state index is 0.0264. The molecule has 1 spiro atoms. The van der Waals surface area contributed by atoms with Gasteiger partial charge >= 0.3 is 12.1 Å². The number of methoxy groups -OCH3 is 1. The third-order valence-electron chi connectivity index (χ3n) is 5.72. The number of carbonyl (C=O) groups excluding carboxylic acids is 1. The fraction of sp³-hybridized carbons (Fsp3) is 0.435. The molecule has 8 nitrogen and oxygen atoms in total. The van der Waals surface area contributed by atoms with Gasteiger partial charge in [0.15, 0.2) is 0 Å². The molecule has 0 aliphatic carbocycles. The van der Waals surface area contributed by atoms with Crippen molar-refractivity contribution in [3.05, 3.63) is 54.2 Å². The van der Waals surface area contributed by atoms with Crippen LogP contribution in [0.2, 0.25) is 0 Å². The maximum Gasteiger partial charge on any atom is 0.490 e. The molecule has 2 saturated heterocycles. The molecule has 1 unspecified atom stereocenters. The van der Waals surface area contributed by atoms with Crippen LogP contribution < -0.4 is 9.47 Å². The molecule has 2 aromatic rings. The number of carboxylic acids is 1. The van der Waals surface area contributed by atoms with Crippen molar-refractivity contribution in [3.8, 4) is 11.6 Å². The molecule has 2 aliphatic rings. The van der Waals surface area contributed by atoms with Gasteiger partial charge < -0.3 is 24.2 Å². The Kier molecular flexibility index (Phi) is 7.98. The van der Waals surface area contributed by atoms with Crippen LogP contribution in [-0.4, -0.2) is 72.1 Å². The average molecular weight is 482 g/mol. The van der Waals surface area contributed by atoms with Crippen molar-refractivity contribution in [2.75, 3.05) is 33.4 Å². The molecule has 1 atom stereocenters. The Morgan fingerprint density at radius 1 is 1.24 bits per heavy atom. The van der Waals surface area contributed by atoms with Crippen LogP contribution >= 0.6 is 0 Å². The minimum atomic E-state index is -5.08. The molecule has 184 valence electrons. The van der Waals surface area contributed by atoms with Gasteiger partial charge in [0, 0.05) is 24.4 Å². The van der Waals surface area contributed by atoms with Crippen molar-refractivity contribution in [3.63, 3.8) is 0 Å². The number of alkyl halides is 3. The van der Waals surface area contributed by atoms with Gasteiger partial charge in [0.1, 0.15) is 11.4 Å². The van der Waals surface area contributed by atoms with E-state index in [4.69, 9.17) is 24.1 Å². The van der Waals surface area contributed by atoms with E-state index in [0.29, 0.717) is 42.8 Å². The second-order valence-corrected chi connectivity index (χ2v) is 7.90. The van der Waals surface area contributed by atoms with Crippen LogP contribution in [0.15, 0.2) is 48.7 Å². The van der Waals surface area contributed by atoms with Crippen LogP contribution in [0, 0.1) is 5.92 Å². The molecular formula is C23H25F3N2O6. The fourth-order valence-corrected chi connectivity index (χ4v) is 3.96. The minimum Gasteiger partial charge on any atom is -0.497 e. The second-order valence-electron chi connectivity index (χ2n) is 7.90. The molecule has 1 amide bonds. The summed E-state index contributed by atoms with van der Waals surface area (Å²) in [6.07, 6.45) is -1.45. The number of halogens is 3. The standard InChI is InChI=1S/C21H24N2O4.C2HF3O2/c1-25-18-6-4-5-16(13-18)20(24)23-14-21(15-23)17(9-12-27-21)8-11-26-19-7-2-3-10-22-19;3-2(4,5)1(6)7/h2-7,10,13,17H,8-9,11-12,14-15H2,1H3;(H,6,7). The Hall–Kier alpha value is -3.34. The molecule has 0 radical (unpaired) electrons. The zero-order valence-corrected chi connectivity index (χ0v) is 18.5. The zero-order chi connectivity index (χ0) is 24.8. The van der Waals surface area contributed by atoms with E-state index < -0.39 is 12.1 Å². The number of nitrogens with zero attached hydrogens (tertiary/aromatic N) is 2. The van der Waals surface area contributed by atoms with E-state index in [1.165, 1.54) is 0 Å². The lowest BCUT2D eigenvalue weighted by Gasteiger charge is -2.50. The fourth-order valence-electron chi connectivity index (χ4n) is 3.96. The lowest BCUT2D eigenvalue weighted by Crippen LogP contribution is -2.66. The first-order valence-corrected chi connectivity index (χ1v) is 10.6. The van der Waals surface area contributed by atoms with Crippen LogP contribution in [0.4, 0.5) is 13.2 Å². The van der Waals surface area contributed by atoms with Crippen molar-refractivity contribution in [1.82, 2.24) is 9.88 Å². The number of benzene rings is 1. The Morgan fingerprint density at radius 2 is 1.97 bits per heavy atom. The van der Waals surface area contributed by atoms with Gasteiger partial charge in [-0.3, -0.25) is 4.79 Å². The summed E-state index contributed by atoms with van der Waals surface area (Å²) in [5, 5.41) is 7.12. The van der Waals surface area contributed by atoms with E-state index in [-0.39, 0.29) is 11.5 Å². The van der Waals surface area contributed by atoms with Crippen molar-refractivity contribution in [2.24, 2.45) is 5.92 Å². The highest BCUT2D eigenvalue weighted by Crippen LogP contribution is 2.42. The summed E-state index contributed by atoms with van der Waals surface area (Å²) < 4.78 is 48.8. The quantitative estimate of drug-likeness (QED) is 0.674. The number of carbonyl (C=O) groups is 2. The van der Waals surface area contributed by atoms with E-state index in [1.54, 1.807) is 19.4 Å². The van der Waals surface area contributed by atoms with E-state index in [2.05, 4.69) is 4.98 Å². The lowest BCUT2D eigenvalue weighted by molar-refractivity contribution is -0.192. The van der Waals surface area contributed by atoms with Gasteiger partial charge in [0.2, 0.25) is 5.88 Å². The van der Waals surface area contributed by atoms with E-state index in [0.717, 1.165) is 19.4 Å². The van der Waals surface area contributed by atoms with E-state index in [1.807, 2.05) is 41.3 Å². The maximum atomic E-state index is 12.7. The highest BCUT2D eigenvalue weighted by Gasteiger charge is 2.54. The number of carboxylic acid groups (broad SMARTS) is 1. The summed E-state index contributed by atoms with van der Waals surface area (Å²) in [5.74, 6) is -0.992. The van der Waals surface area contributed by atoms with Gasteiger partial charge in [0.05, 0.1) is 26.8 Å². The third-order valence-corrected chi connectivity index (χ3v) is 5.72. The Bertz CT molecular complexity index is 980. The molecule has 4 rings (SSSR count). The van der Waals surface area contributed by atoms with Crippen LogP contribution in [0.25, 0.3) is 0 Å². The first-order chi connectivity index (χ1) is 16.1. The third kappa shape index (κ3) is 6.16. The monoisotopic (exact) mass is 482 g/mol. The zero-order valence-electron chi connectivity index (χ0n) is 18.5.